The van der Waals surface area contributed by atoms with Crippen molar-refractivity contribution in [2.24, 2.45) is 0 Å². The van der Waals surface area contributed by atoms with Crippen molar-refractivity contribution >= 4 is 30.1 Å². The van der Waals surface area contributed by atoms with E-state index in [0.29, 0.717) is 0 Å². The van der Waals surface area contributed by atoms with Crippen LogP contribution in [-0.4, -0.2) is 0 Å². The molecule has 4 heteroatoms. The molecule has 3 aromatic carbocycles. The number of hydrogen-bond donors (Lipinski definition) is 1. The molecular weight excluding hydrogens is 473 g/mol. The Kier molecular flexibility index (Phi) is 6.18. The third kappa shape index (κ3) is 4.16. The van der Waals surface area contributed by atoms with Crippen LogP contribution in [0.4, 0.5) is 0 Å². The molecule has 1 atom stereocenters. The fraction of sp³-hybridized carbons (Fsp3) is 0.455. The largest absolute Gasteiger partial charge is 0.408 e. The van der Waals surface area contributed by atoms with Gasteiger partial charge < -0.3 is 8.39 Å². The minimum absolute atomic E-state index is 0.166. The third-order valence-electron chi connectivity index (χ3n) is 9.13. The summed E-state index contributed by atoms with van der Waals surface area (Å²) in [6, 6.07) is 13.9. The maximum absolute atomic E-state index is 6.80. The SMILES string of the molecule is Cc1ccc2c(c1[C@@H](C)Np1oc3ccc4c(c3c3c5c(ccc3o1)CCCC5)CCCC4)CCCC2. The highest BCUT2D eigenvalue weighted by molar-refractivity contribution is 7.38. The van der Waals surface area contributed by atoms with Gasteiger partial charge in [0.15, 0.2) is 0 Å². The van der Waals surface area contributed by atoms with Gasteiger partial charge in [-0.2, -0.15) is 0 Å². The Morgan fingerprint density at radius 1 is 0.622 bits per heavy atom. The van der Waals surface area contributed by atoms with Crippen molar-refractivity contribution in [2.75, 3.05) is 5.09 Å². The molecule has 37 heavy (non-hydrogen) atoms. The average molecular weight is 512 g/mol. The summed E-state index contributed by atoms with van der Waals surface area (Å²) in [5.74, 6) is 0. The van der Waals surface area contributed by atoms with Crippen LogP contribution in [0.1, 0.15) is 96.0 Å². The van der Waals surface area contributed by atoms with Crippen LogP contribution >= 0.6 is 8.16 Å². The van der Waals surface area contributed by atoms with E-state index in [2.05, 4.69) is 55.3 Å². The van der Waals surface area contributed by atoms with Crippen LogP contribution in [0.5, 0.6) is 0 Å². The van der Waals surface area contributed by atoms with E-state index in [1.807, 2.05) is 0 Å². The highest BCUT2D eigenvalue weighted by Crippen LogP contribution is 2.43. The van der Waals surface area contributed by atoms with E-state index in [1.165, 1.54) is 114 Å². The summed E-state index contributed by atoms with van der Waals surface area (Å²) in [7, 11) is -1.34. The molecule has 1 N–H and O–H groups in total. The lowest BCUT2D eigenvalue weighted by Gasteiger charge is -2.25. The second-order valence-electron chi connectivity index (χ2n) is 11.5. The first kappa shape index (κ1) is 23.6. The Labute approximate surface area is 221 Å². The number of hydrogen-bond acceptors (Lipinski definition) is 3. The van der Waals surface area contributed by atoms with Crippen LogP contribution in [0.25, 0.3) is 21.9 Å². The topological polar surface area (TPSA) is 38.3 Å². The molecule has 0 saturated carbocycles. The minimum atomic E-state index is -1.34. The second-order valence-corrected chi connectivity index (χ2v) is 12.6. The summed E-state index contributed by atoms with van der Waals surface area (Å²) < 4.78 is 13.6. The lowest BCUT2D eigenvalue weighted by Crippen LogP contribution is -2.14. The average Bonchev–Trinajstić information content (AvgIpc) is 3.09. The molecule has 192 valence electrons. The number of benzene rings is 3. The van der Waals surface area contributed by atoms with Crippen LogP contribution in [0, 0.1) is 6.92 Å². The Morgan fingerprint density at radius 2 is 1.08 bits per heavy atom. The van der Waals surface area contributed by atoms with Crippen molar-refractivity contribution in [1.82, 2.24) is 0 Å². The molecule has 0 amide bonds. The molecular formula is C33H38NO2P. The highest BCUT2D eigenvalue weighted by atomic mass is 31.1. The number of nitrogens with one attached hydrogen (secondary N) is 1. The second kappa shape index (κ2) is 9.68. The molecule has 0 saturated heterocycles. The molecule has 3 aliphatic carbocycles. The third-order valence-corrected chi connectivity index (χ3v) is 10.5. The Bertz CT molecular complexity index is 1470. The van der Waals surface area contributed by atoms with Crippen molar-refractivity contribution in [3.8, 4) is 0 Å². The normalized spacial score (nSPS) is 17.8. The number of fused-ring (bicyclic) bond motifs is 8. The summed E-state index contributed by atoms with van der Waals surface area (Å²) >= 11 is 0. The molecule has 0 unspecified atom stereocenters. The van der Waals surface area contributed by atoms with Crippen LogP contribution in [-0.2, 0) is 38.5 Å². The number of aryl methyl sites for hydroxylation is 6. The lowest BCUT2D eigenvalue weighted by atomic mass is 9.84. The van der Waals surface area contributed by atoms with Crippen LogP contribution in [0.2, 0.25) is 0 Å². The van der Waals surface area contributed by atoms with Crippen LogP contribution in [0.3, 0.4) is 0 Å². The molecule has 0 fully saturated rings. The smallest absolute Gasteiger partial charge is 0.307 e. The zero-order valence-corrected chi connectivity index (χ0v) is 23.2. The van der Waals surface area contributed by atoms with Gasteiger partial charge in [-0.1, -0.05) is 24.3 Å². The zero-order valence-electron chi connectivity index (χ0n) is 22.3. The first-order chi connectivity index (χ1) is 18.2. The quantitative estimate of drug-likeness (QED) is 0.298. The molecule has 1 heterocycles. The Hall–Kier alpha value is -2.48. The monoisotopic (exact) mass is 511 g/mol. The van der Waals surface area contributed by atoms with E-state index in [1.54, 1.807) is 5.56 Å². The standard InChI is InChI=1S/C33H38NO2P/c1-21-15-16-23-9-3-6-12-26(23)31(21)22(2)34-37-35-29-19-17-24-10-4-7-13-27(24)32(29)33-28-14-8-5-11-25(28)18-20-30(33)36-37/h15-20,22,34H,3-14H2,1-2H3/t22-/m1/s1. The van der Waals surface area contributed by atoms with Gasteiger partial charge in [-0.15, -0.1) is 0 Å². The Morgan fingerprint density at radius 3 is 1.65 bits per heavy atom. The van der Waals surface area contributed by atoms with Gasteiger partial charge in [0.05, 0.1) is 0 Å². The highest BCUT2D eigenvalue weighted by Gasteiger charge is 2.23. The van der Waals surface area contributed by atoms with Gasteiger partial charge in [-0.05, 0) is 148 Å². The van der Waals surface area contributed by atoms with E-state index in [0.717, 1.165) is 24.0 Å². The van der Waals surface area contributed by atoms with E-state index >= 15 is 0 Å². The fourth-order valence-corrected chi connectivity index (χ4v) is 8.61. The van der Waals surface area contributed by atoms with E-state index in [9.17, 15) is 0 Å². The van der Waals surface area contributed by atoms with Gasteiger partial charge in [-0.3, -0.25) is 0 Å². The van der Waals surface area contributed by atoms with Crippen molar-refractivity contribution in [3.05, 3.63) is 80.9 Å². The van der Waals surface area contributed by atoms with Gasteiger partial charge in [0.1, 0.15) is 11.2 Å². The summed E-state index contributed by atoms with van der Waals surface area (Å²) in [4.78, 5) is 0. The predicted molar refractivity (Wildman–Crippen MR) is 155 cm³/mol. The van der Waals surface area contributed by atoms with Crippen molar-refractivity contribution in [2.45, 2.75) is 96.9 Å². The van der Waals surface area contributed by atoms with Gasteiger partial charge >= 0.3 is 8.16 Å². The van der Waals surface area contributed by atoms with E-state index in [-0.39, 0.29) is 6.04 Å². The molecule has 0 aliphatic heterocycles. The zero-order chi connectivity index (χ0) is 24.9. The summed E-state index contributed by atoms with van der Waals surface area (Å²) in [5, 5.41) is 6.49. The van der Waals surface area contributed by atoms with Gasteiger partial charge in [-0.25, -0.2) is 5.09 Å². The van der Waals surface area contributed by atoms with E-state index in [4.69, 9.17) is 8.39 Å². The fourth-order valence-electron chi connectivity index (χ4n) is 7.36. The van der Waals surface area contributed by atoms with Gasteiger partial charge in [0.25, 0.3) is 0 Å². The molecule has 0 radical (unpaired) electrons. The van der Waals surface area contributed by atoms with Gasteiger partial charge in [0, 0.05) is 16.8 Å². The van der Waals surface area contributed by atoms with Crippen LogP contribution in [0.15, 0.2) is 44.8 Å². The summed E-state index contributed by atoms with van der Waals surface area (Å²) in [5.41, 5.74) is 14.0. The van der Waals surface area contributed by atoms with Crippen LogP contribution < -0.4 is 5.09 Å². The first-order valence-corrected chi connectivity index (χ1v) is 15.7. The molecule has 1 aromatic heterocycles. The number of rotatable bonds is 3. The van der Waals surface area contributed by atoms with Crippen molar-refractivity contribution < 1.29 is 8.39 Å². The van der Waals surface area contributed by atoms with E-state index < -0.39 is 8.16 Å². The maximum atomic E-state index is 6.80. The van der Waals surface area contributed by atoms with Crippen molar-refractivity contribution in [1.29, 1.82) is 0 Å². The molecule has 0 bridgehead atoms. The first-order valence-electron chi connectivity index (χ1n) is 14.5. The summed E-state index contributed by atoms with van der Waals surface area (Å²) in [6.45, 7) is 4.55. The van der Waals surface area contributed by atoms with Crippen molar-refractivity contribution in [3.63, 3.8) is 0 Å². The van der Waals surface area contributed by atoms with Gasteiger partial charge in [0.2, 0.25) is 0 Å². The molecule has 4 aromatic rings. The molecule has 3 nitrogen and oxygen atoms in total. The minimum Gasteiger partial charge on any atom is -0.408 e. The molecule has 7 rings (SSSR count). The maximum Gasteiger partial charge on any atom is 0.307 e. The molecule has 3 aliphatic rings. The Balaban J connectivity index is 1.43. The summed E-state index contributed by atoms with van der Waals surface area (Å²) in [6.07, 6.45) is 14.7. The molecule has 0 spiro atoms. The predicted octanol–water partition coefficient (Wildman–Crippen LogP) is 9.54. The lowest BCUT2D eigenvalue weighted by molar-refractivity contribution is 0.632.